The minimum absolute atomic E-state index is 0.146. The van der Waals surface area contributed by atoms with Crippen molar-refractivity contribution in [2.45, 2.75) is 11.7 Å². The standard InChI is InChI=1S/C18H19NO4S/c1-24(21,22)17-11-12-19(13-17)18(20)14-7-9-16(10-8-14)23-15-5-3-2-4-6-15/h2-10,17H,11-13H2,1H3. The molecule has 1 heterocycles. The van der Waals surface area contributed by atoms with Crippen LogP contribution in [0, 0.1) is 0 Å². The molecule has 0 saturated carbocycles. The van der Waals surface area contributed by atoms with Crippen molar-refractivity contribution in [1.29, 1.82) is 0 Å². The number of carbonyl (C=O) groups excluding carboxylic acids is 1. The SMILES string of the molecule is CS(=O)(=O)C1CCN(C(=O)c2ccc(Oc3ccccc3)cc2)C1. The van der Waals surface area contributed by atoms with Crippen LogP contribution in [0.1, 0.15) is 16.8 Å². The number of sulfone groups is 1. The van der Waals surface area contributed by atoms with Crippen LogP contribution in [-0.4, -0.2) is 43.8 Å². The molecule has 1 amide bonds. The maximum absolute atomic E-state index is 12.5. The smallest absolute Gasteiger partial charge is 0.253 e. The molecule has 0 radical (unpaired) electrons. The van der Waals surface area contributed by atoms with E-state index in [-0.39, 0.29) is 12.5 Å². The van der Waals surface area contributed by atoms with Crippen LogP contribution in [0.5, 0.6) is 11.5 Å². The van der Waals surface area contributed by atoms with E-state index in [4.69, 9.17) is 4.74 Å². The lowest BCUT2D eigenvalue weighted by atomic mass is 10.2. The molecule has 0 aromatic heterocycles. The van der Waals surface area contributed by atoms with Crippen molar-refractivity contribution in [3.63, 3.8) is 0 Å². The van der Waals surface area contributed by atoms with Crippen LogP contribution in [0.2, 0.25) is 0 Å². The molecule has 0 N–H and O–H groups in total. The van der Waals surface area contributed by atoms with Gasteiger partial charge in [-0.3, -0.25) is 4.79 Å². The Morgan fingerprint density at radius 1 is 1.04 bits per heavy atom. The summed E-state index contributed by atoms with van der Waals surface area (Å²) in [4.78, 5) is 14.1. The van der Waals surface area contributed by atoms with Gasteiger partial charge in [-0.2, -0.15) is 0 Å². The van der Waals surface area contributed by atoms with E-state index in [2.05, 4.69) is 0 Å². The quantitative estimate of drug-likeness (QED) is 0.855. The number of benzene rings is 2. The van der Waals surface area contributed by atoms with Crippen LogP contribution < -0.4 is 4.74 Å². The molecule has 0 bridgehead atoms. The molecule has 24 heavy (non-hydrogen) atoms. The molecule has 0 spiro atoms. The van der Waals surface area contributed by atoms with Gasteiger partial charge in [-0.25, -0.2) is 8.42 Å². The molecule has 1 saturated heterocycles. The largest absolute Gasteiger partial charge is 0.457 e. The summed E-state index contributed by atoms with van der Waals surface area (Å²) in [5.41, 5.74) is 0.532. The Bertz CT molecular complexity index is 816. The molecular weight excluding hydrogens is 326 g/mol. The van der Waals surface area contributed by atoms with Gasteiger partial charge in [0.15, 0.2) is 9.84 Å². The Morgan fingerprint density at radius 2 is 1.67 bits per heavy atom. The first-order valence-corrected chi connectivity index (χ1v) is 9.70. The van der Waals surface area contributed by atoms with Crippen molar-refractivity contribution in [2.75, 3.05) is 19.3 Å². The highest BCUT2D eigenvalue weighted by molar-refractivity contribution is 7.91. The fourth-order valence-corrected chi connectivity index (χ4v) is 3.72. The van der Waals surface area contributed by atoms with Crippen LogP contribution in [0.3, 0.4) is 0 Å². The van der Waals surface area contributed by atoms with E-state index in [1.54, 1.807) is 29.2 Å². The second-order valence-electron chi connectivity index (χ2n) is 5.93. The van der Waals surface area contributed by atoms with Gasteiger partial charge in [-0.15, -0.1) is 0 Å². The minimum Gasteiger partial charge on any atom is -0.457 e. The number of nitrogens with zero attached hydrogens (tertiary/aromatic N) is 1. The Morgan fingerprint density at radius 3 is 2.25 bits per heavy atom. The molecule has 1 aliphatic rings. The van der Waals surface area contributed by atoms with Gasteiger partial charge in [0.05, 0.1) is 5.25 Å². The van der Waals surface area contributed by atoms with Gasteiger partial charge in [0.2, 0.25) is 0 Å². The molecule has 3 rings (SSSR count). The molecule has 6 heteroatoms. The Labute approximate surface area is 141 Å². The number of rotatable bonds is 4. The van der Waals surface area contributed by atoms with Gasteiger partial charge in [-0.05, 0) is 42.8 Å². The maximum atomic E-state index is 12.5. The van der Waals surface area contributed by atoms with Gasteiger partial charge in [0.1, 0.15) is 11.5 Å². The number of ether oxygens (including phenoxy) is 1. The van der Waals surface area contributed by atoms with Crippen molar-refractivity contribution < 1.29 is 17.9 Å². The van der Waals surface area contributed by atoms with Gasteiger partial charge < -0.3 is 9.64 Å². The Hall–Kier alpha value is -2.34. The first-order chi connectivity index (χ1) is 11.4. The van der Waals surface area contributed by atoms with Crippen molar-refractivity contribution in [3.8, 4) is 11.5 Å². The van der Waals surface area contributed by atoms with Crippen molar-refractivity contribution in [1.82, 2.24) is 4.90 Å². The zero-order valence-electron chi connectivity index (χ0n) is 13.4. The predicted molar refractivity (Wildman–Crippen MR) is 92.1 cm³/mol. The van der Waals surface area contributed by atoms with E-state index < -0.39 is 15.1 Å². The average molecular weight is 345 g/mol. The summed E-state index contributed by atoms with van der Waals surface area (Å²) in [6.07, 6.45) is 1.72. The van der Waals surface area contributed by atoms with Gasteiger partial charge in [-0.1, -0.05) is 18.2 Å². The number of likely N-dealkylation sites (tertiary alicyclic amines) is 1. The highest BCUT2D eigenvalue weighted by Gasteiger charge is 2.32. The van der Waals surface area contributed by atoms with Crippen LogP contribution in [0.25, 0.3) is 0 Å². The van der Waals surface area contributed by atoms with Crippen LogP contribution in [0.15, 0.2) is 54.6 Å². The number of carbonyl (C=O) groups is 1. The summed E-state index contributed by atoms with van der Waals surface area (Å²) in [5.74, 6) is 1.23. The van der Waals surface area contributed by atoms with Crippen molar-refractivity contribution in [2.24, 2.45) is 0 Å². The second kappa shape index (κ2) is 6.65. The van der Waals surface area contributed by atoms with Crippen LogP contribution >= 0.6 is 0 Å². The molecule has 2 aromatic rings. The first kappa shape index (κ1) is 16.5. The van der Waals surface area contributed by atoms with E-state index in [0.717, 1.165) is 5.75 Å². The topological polar surface area (TPSA) is 63.7 Å². The number of para-hydroxylation sites is 1. The fourth-order valence-electron chi connectivity index (χ4n) is 2.73. The zero-order valence-corrected chi connectivity index (χ0v) is 14.2. The summed E-state index contributed by atoms with van der Waals surface area (Å²) in [6.45, 7) is 0.735. The number of hydrogen-bond donors (Lipinski definition) is 0. The molecule has 1 aliphatic heterocycles. The van der Waals surface area contributed by atoms with Crippen LogP contribution in [-0.2, 0) is 9.84 Å². The van der Waals surface area contributed by atoms with Crippen molar-refractivity contribution in [3.05, 3.63) is 60.2 Å². The minimum atomic E-state index is -3.11. The van der Waals surface area contributed by atoms with Gasteiger partial charge in [0.25, 0.3) is 5.91 Å². The zero-order chi connectivity index (χ0) is 17.2. The van der Waals surface area contributed by atoms with E-state index in [9.17, 15) is 13.2 Å². The lowest BCUT2D eigenvalue weighted by molar-refractivity contribution is 0.0793. The van der Waals surface area contributed by atoms with E-state index >= 15 is 0 Å². The summed E-state index contributed by atoms with van der Waals surface area (Å²) >= 11 is 0. The lowest BCUT2D eigenvalue weighted by Gasteiger charge is -2.16. The Balaban J connectivity index is 1.66. The molecular formula is C18H19NO4S. The van der Waals surface area contributed by atoms with Crippen molar-refractivity contribution >= 4 is 15.7 Å². The monoisotopic (exact) mass is 345 g/mol. The third-order valence-electron chi connectivity index (χ3n) is 4.12. The van der Waals surface area contributed by atoms with E-state index in [1.807, 2.05) is 30.3 Å². The first-order valence-electron chi connectivity index (χ1n) is 7.74. The molecule has 0 aliphatic carbocycles. The third-order valence-corrected chi connectivity index (χ3v) is 5.71. The highest BCUT2D eigenvalue weighted by atomic mass is 32.2. The normalized spacial score (nSPS) is 17.7. The molecule has 5 nitrogen and oxygen atoms in total. The van der Waals surface area contributed by atoms with Crippen LogP contribution in [0.4, 0.5) is 0 Å². The number of hydrogen-bond acceptors (Lipinski definition) is 4. The lowest BCUT2D eigenvalue weighted by Crippen LogP contribution is -2.31. The molecule has 1 atom stereocenters. The summed E-state index contributed by atoms with van der Waals surface area (Å²) < 4.78 is 28.9. The highest BCUT2D eigenvalue weighted by Crippen LogP contribution is 2.23. The van der Waals surface area contributed by atoms with Gasteiger partial charge >= 0.3 is 0 Å². The molecule has 2 aromatic carbocycles. The third kappa shape index (κ3) is 3.76. The van der Waals surface area contributed by atoms with Gasteiger partial charge in [0, 0.05) is 24.9 Å². The molecule has 1 fully saturated rings. The fraction of sp³-hybridized carbons (Fsp3) is 0.278. The van der Waals surface area contributed by atoms with E-state index in [1.165, 1.54) is 6.26 Å². The maximum Gasteiger partial charge on any atom is 0.253 e. The molecule has 1 unspecified atom stereocenters. The second-order valence-corrected chi connectivity index (χ2v) is 8.26. The number of amides is 1. The average Bonchev–Trinajstić information content (AvgIpc) is 3.06. The summed E-state index contributed by atoms with van der Waals surface area (Å²) in [7, 11) is -3.11. The summed E-state index contributed by atoms with van der Waals surface area (Å²) in [6, 6.07) is 16.3. The Kier molecular flexibility index (Phi) is 4.57. The molecule has 126 valence electrons. The van der Waals surface area contributed by atoms with E-state index in [0.29, 0.717) is 24.3 Å². The summed E-state index contributed by atoms with van der Waals surface area (Å²) in [5, 5.41) is -0.456. The predicted octanol–water partition coefficient (Wildman–Crippen LogP) is 2.74.